The largest absolute Gasteiger partial charge is 0.313 e. The standard InChI is InChI=1S/C66H40F2N2/c67-63-45-22-12-11-15-39(45)33-50-51-34-55(69(41-16-4-1-5-17-41)44-25-24-37-30-40(37)31-44)60-53-28-26-47-49-32-38-14-10-13-23-46(38)64(68)59(49)52-35-56(70(42-18-6-2-7-19-42)43-20-8-3-9-21-43)65(36-66(53,65)62(47)52)54-29-27-48(58(50)63)57(51)61(54)60/h1-29,31-35,37,40H,30,36H2. The van der Waals surface area contributed by atoms with Crippen molar-refractivity contribution in [2.75, 3.05) is 9.80 Å². The van der Waals surface area contributed by atoms with Crippen LogP contribution < -0.4 is 9.80 Å². The Morgan fingerprint density at radius 1 is 0.514 bits per heavy atom. The Hall–Kier alpha value is -8.34. The van der Waals surface area contributed by atoms with Crippen molar-refractivity contribution in [1.82, 2.24) is 0 Å². The van der Waals surface area contributed by atoms with Gasteiger partial charge < -0.3 is 9.80 Å². The average molecular weight is 899 g/mol. The number of rotatable bonds is 6. The molecule has 17 rings (SSSR count). The highest BCUT2D eigenvalue weighted by atomic mass is 19.1. The number of halogens is 2. The van der Waals surface area contributed by atoms with Gasteiger partial charge in [-0.05, 0) is 163 Å². The van der Waals surface area contributed by atoms with Crippen LogP contribution in [0.4, 0.5) is 31.5 Å². The zero-order valence-corrected chi connectivity index (χ0v) is 37.8. The van der Waals surface area contributed by atoms with E-state index < -0.39 is 10.8 Å². The van der Waals surface area contributed by atoms with Crippen molar-refractivity contribution in [3.63, 3.8) is 0 Å². The number of hydrogen-bond donors (Lipinski definition) is 0. The molecule has 8 aliphatic rings. The maximum absolute atomic E-state index is 17.8. The Balaban J connectivity index is 1.05. The molecule has 4 atom stereocenters. The topological polar surface area (TPSA) is 6.48 Å². The van der Waals surface area contributed by atoms with Gasteiger partial charge in [-0.3, -0.25) is 0 Å². The first kappa shape index (κ1) is 37.6. The molecule has 0 saturated heterocycles. The monoisotopic (exact) mass is 898 g/mol. The summed E-state index contributed by atoms with van der Waals surface area (Å²) in [6.45, 7) is 0. The van der Waals surface area contributed by atoms with E-state index in [4.69, 9.17) is 0 Å². The SMILES string of the molecule is Fc1c2c(cc3ccccc13)C1=CC=C3c4c(N(C5=CC6CC6C=C5)c5ccccc5)cc5c6c(ccc(c46)C46CC34C1=C2C=C6N(c1ccccc1)c1ccccc1)-c1c-5cc2ccccc2c1F. The minimum Gasteiger partial charge on any atom is -0.313 e. The lowest BCUT2D eigenvalue weighted by Gasteiger charge is -2.46. The molecule has 0 amide bonds. The van der Waals surface area contributed by atoms with E-state index in [1.807, 2.05) is 48.5 Å². The molecule has 8 aliphatic carbocycles. The minimum absolute atomic E-state index is 0.172. The third kappa shape index (κ3) is 4.41. The molecule has 0 bridgehead atoms. The van der Waals surface area contributed by atoms with Gasteiger partial charge in [0.15, 0.2) is 0 Å². The number of anilines is 4. The molecule has 328 valence electrons. The number of para-hydroxylation sites is 3. The molecule has 0 N–H and O–H groups in total. The molecule has 2 fully saturated rings. The fourth-order valence-electron chi connectivity index (χ4n) is 14.4. The van der Waals surface area contributed by atoms with Crippen molar-refractivity contribution in [3.8, 4) is 22.3 Å². The van der Waals surface area contributed by atoms with Gasteiger partial charge in [0.1, 0.15) is 11.6 Å². The van der Waals surface area contributed by atoms with Gasteiger partial charge in [0, 0.05) is 61.3 Å². The smallest absolute Gasteiger partial charge is 0.139 e. The highest BCUT2D eigenvalue weighted by molar-refractivity contribution is 6.27. The summed E-state index contributed by atoms with van der Waals surface area (Å²) >= 11 is 0. The predicted molar refractivity (Wildman–Crippen MR) is 282 cm³/mol. The second-order valence-electron chi connectivity index (χ2n) is 20.6. The molecule has 9 aromatic rings. The van der Waals surface area contributed by atoms with Gasteiger partial charge >= 0.3 is 0 Å². The summed E-state index contributed by atoms with van der Waals surface area (Å²) in [4.78, 5) is 4.93. The fraction of sp³-hybridized carbons (Fsp3) is 0.0909. The molecule has 2 nitrogen and oxygen atoms in total. The van der Waals surface area contributed by atoms with Crippen molar-refractivity contribution < 1.29 is 8.78 Å². The number of hydrogen-bond acceptors (Lipinski definition) is 2. The number of nitrogens with zero attached hydrogens (tertiary/aromatic N) is 2. The van der Waals surface area contributed by atoms with Crippen LogP contribution in [0.15, 0.2) is 223 Å². The van der Waals surface area contributed by atoms with Crippen molar-refractivity contribution in [2.24, 2.45) is 17.3 Å². The van der Waals surface area contributed by atoms with Crippen molar-refractivity contribution in [2.45, 2.75) is 18.3 Å². The van der Waals surface area contributed by atoms with E-state index in [1.165, 1.54) is 27.7 Å². The van der Waals surface area contributed by atoms with Gasteiger partial charge in [-0.25, -0.2) is 8.78 Å². The van der Waals surface area contributed by atoms with Crippen molar-refractivity contribution in [1.29, 1.82) is 0 Å². The molecular weight excluding hydrogens is 859 g/mol. The number of allylic oxidation sites excluding steroid dienone is 11. The quantitative estimate of drug-likeness (QED) is 0.164. The normalized spacial score (nSPS) is 22.7. The summed E-state index contributed by atoms with van der Waals surface area (Å²) in [5.41, 5.74) is 17.5. The second-order valence-corrected chi connectivity index (χ2v) is 20.6. The van der Waals surface area contributed by atoms with E-state index in [1.54, 1.807) is 0 Å². The van der Waals surface area contributed by atoms with Crippen LogP contribution in [0.1, 0.15) is 35.1 Å². The lowest BCUT2D eigenvalue weighted by atomic mass is 9.61. The summed E-state index contributed by atoms with van der Waals surface area (Å²) in [6.07, 6.45) is 16.2. The number of benzene rings is 9. The van der Waals surface area contributed by atoms with Crippen LogP contribution in [0.3, 0.4) is 0 Å². The van der Waals surface area contributed by atoms with Crippen LogP contribution in [0.25, 0.3) is 71.3 Å². The minimum atomic E-state index is -0.580. The molecule has 1 spiro atoms. The summed E-state index contributed by atoms with van der Waals surface area (Å²) in [7, 11) is 0. The Morgan fingerprint density at radius 2 is 1.14 bits per heavy atom. The van der Waals surface area contributed by atoms with Crippen LogP contribution in [0, 0.1) is 28.9 Å². The summed E-state index contributed by atoms with van der Waals surface area (Å²) in [5, 5.41) is 5.34. The Morgan fingerprint density at radius 3 is 1.83 bits per heavy atom. The van der Waals surface area contributed by atoms with E-state index in [0.29, 0.717) is 33.7 Å². The van der Waals surface area contributed by atoms with Gasteiger partial charge in [-0.15, -0.1) is 0 Å². The van der Waals surface area contributed by atoms with Crippen LogP contribution in [-0.2, 0) is 5.41 Å². The molecule has 0 heterocycles. The molecule has 0 aliphatic heterocycles. The van der Waals surface area contributed by atoms with Crippen LogP contribution in [0.5, 0.6) is 0 Å². The van der Waals surface area contributed by atoms with E-state index in [2.05, 4.69) is 168 Å². The molecule has 2 saturated carbocycles. The van der Waals surface area contributed by atoms with E-state index in [-0.39, 0.29) is 11.6 Å². The van der Waals surface area contributed by atoms with E-state index in [0.717, 1.165) is 96.5 Å². The van der Waals surface area contributed by atoms with Crippen LogP contribution >= 0.6 is 0 Å². The highest BCUT2D eigenvalue weighted by Gasteiger charge is 2.79. The third-order valence-electron chi connectivity index (χ3n) is 17.3. The molecule has 0 radical (unpaired) electrons. The molecule has 4 heteroatoms. The third-order valence-corrected chi connectivity index (χ3v) is 17.3. The first-order valence-corrected chi connectivity index (χ1v) is 24.7. The van der Waals surface area contributed by atoms with Crippen molar-refractivity contribution >= 4 is 71.8 Å². The summed E-state index contributed by atoms with van der Waals surface area (Å²) in [6, 6.07) is 59.4. The second kappa shape index (κ2) is 12.8. The zero-order valence-electron chi connectivity index (χ0n) is 37.8. The first-order chi connectivity index (χ1) is 34.5. The maximum atomic E-state index is 17.8. The van der Waals surface area contributed by atoms with Crippen LogP contribution in [-0.4, -0.2) is 0 Å². The van der Waals surface area contributed by atoms with Gasteiger partial charge in [-0.2, -0.15) is 0 Å². The van der Waals surface area contributed by atoms with Gasteiger partial charge in [0.05, 0.1) is 11.1 Å². The molecule has 70 heavy (non-hydrogen) atoms. The molecule has 0 aromatic heterocycles. The Kier molecular flexibility index (Phi) is 6.90. The summed E-state index contributed by atoms with van der Waals surface area (Å²) in [5.74, 6) is 0.733. The molecule has 9 aromatic carbocycles. The average Bonchev–Trinajstić information content (AvgIpc) is 4.29. The lowest BCUT2D eigenvalue weighted by molar-refractivity contribution is 0.632. The molecule has 4 unspecified atom stereocenters. The summed E-state index contributed by atoms with van der Waals surface area (Å²) < 4.78 is 35.4. The van der Waals surface area contributed by atoms with Gasteiger partial charge in [-0.1, -0.05) is 140 Å². The lowest BCUT2D eigenvalue weighted by Crippen LogP contribution is -2.37. The zero-order chi connectivity index (χ0) is 45.8. The Labute approximate surface area is 403 Å². The Bertz CT molecular complexity index is 4120. The number of fused-ring (bicyclic) bond motifs is 10. The fourth-order valence-corrected chi connectivity index (χ4v) is 14.4. The van der Waals surface area contributed by atoms with Crippen molar-refractivity contribution in [3.05, 3.63) is 257 Å². The first-order valence-electron chi connectivity index (χ1n) is 24.7. The van der Waals surface area contributed by atoms with Gasteiger partial charge in [0.25, 0.3) is 0 Å². The maximum Gasteiger partial charge on any atom is 0.139 e. The van der Waals surface area contributed by atoms with E-state index >= 15 is 8.78 Å². The van der Waals surface area contributed by atoms with Gasteiger partial charge in [0.2, 0.25) is 0 Å². The predicted octanol–water partition coefficient (Wildman–Crippen LogP) is 16.9. The van der Waals surface area contributed by atoms with E-state index in [9.17, 15) is 0 Å². The van der Waals surface area contributed by atoms with Crippen LogP contribution in [0.2, 0.25) is 0 Å². The highest BCUT2D eigenvalue weighted by Crippen LogP contribution is 2.86. The molecular formula is C66H40F2N2.